The van der Waals surface area contributed by atoms with E-state index < -0.39 is 0 Å². The van der Waals surface area contributed by atoms with Crippen molar-refractivity contribution in [3.05, 3.63) is 36.7 Å². The summed E-state index contributed by atoms with van der Waals surface area (Å²) < 4.78 is 7.39. The standard InChI is InChI=1S/C20H26N6O3/c1-24-12-17(23-14-24)19(28)25-7-3-15(4-8-25)10-26-11-16(9-18(26)27)13-29-20-21-5-2-6-22-20/h2,5-6,12,14-16H,3-4,7-11,13H2,1H3. The number of rotatable bonds is 6. The fraction of sp³-hybridized carbons (Fsp3) is 0.550. The largest absolute Gasteiger partial charge is 0.463 e. The van der Waals surface area contributed by atoms with Crippen molar-refractivity contribution in [1.82, 2.24) is 29.3 Å². The van der Waals surface area contributed by atoms with Crippen molar-refractivity contribution in [3.63, 3.8) is 0 Å². The Morgan fingerprint density at radius 1 is 1.17 bits per heavy atom. The first-order chi connectivity index (χ1) is 14.1. The first-order valence-corrected chi connectivity index (χ1v) is 10.0. The van der Waals surface area contributed by atoms with Crippen LogP contribution in [0.25, 0.3) is 0 Å². The topological polar surface area (TPSA) is 93.5 Å². The summed E-state index contributed by atoms with van der Waals surface area (Å²) in [5.41, 5.74) is 0.492. The lowest BCUT2D eigenvalue weighted by atomic mass is 9.96. The van der Waals surface area contributed by atoms with Crippen molar-refractivity contribution in [2.75, 3.05) is 32.8 Å². The molecule has 2 aliphatic heterocycles. The number of carbonyl (C=O) groups excluding carboxylic acids is 2. The molecule has 4 rings (SSSR count). The Bertz CT molecular complexity index is 847. The summed E-state index contributed by atoms with van der Waals surface area (Å²) in [6.07, 6.45) is 8.98. The van der Waals surface area contributed by atoms with Crippen molar-refractivity contribution in [2.45, 2.75) is 19.3 Å². The van der Waals surface area contributed by atoms with Gasteiger partial charge in [0.1, 0.15) is 5.69 Å². The maximum absolute atomic E-state index is 12.5. The van der Waals surface area contributed by atoms with Gasteiger partial charge in [0.15, 0.2) is 0 Å². The molecule has 0 aliphatic carbocycles. The molecule has 9 nitrogen and oxygen atoms in total. The highest BCUT2D eigenvalue weighted by molar-refractivity contribution is 5.92. The van der Waals surface area contributed by atoms with E-state index in [9.17, 15) is 9.59 Å². The SMILES string of the molecule is Cn1cnc(C(=O)N2CCC(CN3CC(COc4ncccn4)CC3=O)CC2)c1. The van der Waals surface area contributed by atoms with Gasteiger partial charge in [-0.05, 0) is 24.8 Å². The molecule has 0 N–H and O–H groups in total. The fourth-order valence-corrected chi connectivity index (χ4v) is 4.01. The van der Waals surface area contributed by atoms with E-state index in [0.29, 0.717) is 50.3 Å². The van der Waals surface area contributed by atoms with E-state index in [4.69, 9.17) is 4.74 Å². The molecule has 0 bridgehead atoms. The zero-order valence-electron chi connectivity index (χ0n) is 16.6. The van der Waals surface area contributed by atoms with Gasteiger partial charge in [-0.2, -0.15) is 0 Å². The van der Waals surface area contributed by atoms with Gasteiger partial charge in [-0.25, -0.2) is 15.0 Å². The second kappa shape index (κ2) is 8.59. The molecule has 0 aromatic carbocycles. The van der Waals surface area contributed by atoms with E-state index in [1.807, 2.05) is 16.8 Å². The summed E-state index contributed by atoms with van der Waals surface area (Å²) in [5.74, 6) is 0.752. The number of likely N-dealkylation sites (tertiary alicyclic amines) is 2. The summed E-state index contributed by atoms with van der Waals surface area (Å²) in [4.78, 5) is 41.0. The molecule has 2 fully saturated rings. The van der Waals surface area contributed by atoms with Gasteiger partial charge < -0.3 is 19.1 Å². The second-order valence-corrected chi connectivity index (χ2v) is 7.87. The Kier molecular flexibility index (Phi) is 5.73. The van der Waals surface area contributed by atoms with Crippen LogP contribution in [0.1, 0.15) is 29.8 Å². The zero-order valence-corrected chi connectivity index (χ0v) is 16.6. The number of hydrogen-bond acceptors (Lipinski definition) is 6. The van der Waals surface area contributed by atoms with Crippen LogP contribution in [0.3, 0.4) is 0 Å². The van der Waals surface area contributed by atoms with Gasteiger partial charge in [0, 0.05) is 64.2 Å². The van der Waals surface area contributed by atoms with Gasteiger partial charge in [-0.15, -0.1) is 0 Å². The van der Waals surface area contributed by atoms with Gasteiger partial charge in [0.2, 0.25) is 5.91 Å². The van der Waals surface area contributed by atoms with Gasteiger partial charge in [-0.3, -0.25) is 9.59 Å². The summed E-state index contributed by atoms with van der Waals surface area (Å²) in [7, 11) is 1.86. The number of aryl methyl sites for hydroxylation is 1. The highest BCUT2D eigenvalue weighted by atomic mass is 16.5. The Labute approximate surface area is 169 Å². The molecule has 1 unspecified atom stereocenters. The molecule has 4 heterocycles. The molecule has 0 saturated carbocycles. The van der Waals surface area contributed by atoms with Crippen LogP contribution in [-0.4, -0.2) is 73.9 Å². The molecule has 0 radical (unpaired) electrons. The average molecular weight is 398 g/mol. The van der Waals surface area contributed by atoms with Crippen LogP contribution >= 0.6 is 0 Å². The van der Waals surface area contributed by atoms with Crippen molar-refractivity contribution >= 4 is 11.8 Å². The number of hydrogen-bond donors (Lipinski definition) is 0. The number of carbonyl (C=O) groups is 2. The van der Waals surface area contributed by atoms with Crippen LogP contribution in [-0.2, 0) is 11.8 Å². The third-order valence-electron chi connectivity index (χ3n) is 5.59. The number of amides is 2. The van der Waals surface area contributed by atoms with E-state index >= 15 is 0 Å². The predicted octanol–water partition coefficient (Wildman–Crippen LogP) is 0.990. The van der Waals surface area contributed by atoms with E-state index in [2.05, 4.69) is 15.0 Å². The number of aromatic nitrogens is 4. The minimum Gasteiger partial charge on any atom is -0.463 e. The molecule has 2 aromatic rings. The lowest BCUT2D eigenvalue weighted by Crippen LogP contribution is -2.42. The first kappa shape index (κ1) is 19.4. The zero-order chi connectivity index (χ0) is 20.2. The molecular formula is C20H26N6O3. The molecule has 2 amide bonds. The molecule has 2 aliphatic rings. The van der Waals surface area contributed by atoms with Crippen molar-refractivity contribution < 1.29 is 14.3 Å². The van der Waals surface area contributed by atoms with Crippen LogP contribution in [0.5, 0.6) is 6.01 Å². The summed E-state index contributed by atoms with van der Waals surface area (Å²) >= 11 is 0. The van der Waals surface area contributed by atoms with E-state index in [1.54, 1.807) is 35.6 Å². The number of piperidine rings is 1. The Hall–Kier alpha value is -2.97. The van der Waals surface area contributed by atoms with E-state index in [0.717, 1.165) is 19.4 Å². The third kappa shape index (κ3) is 4.72. The number of ether oxygens (including phenoxy) is 1. The molecule has 29 heavy (non-hydrogen) atoms. The monoisotopic (exact) mass is 398 g/mol. The number of imidazole rings is 1. The normalized spacial score (nSPS) is 20.3. The molecule has 9 heteroatoms. The Balaban J connectivity index is 1.22. The van der Waals surface area contributed by atoms with Crippen LogP contribution in [0.2, 0.25) is 0 Å². The summed E-state index contributed by atoms with van der Waals surface area (Å²) in [6.45, 7) is 3.32. The van der Waals surface area contributed by atoms with Gasteiger partial charge in [0.05, 0.1) is 12.9 Å². The van der Waals surface area contributed by atoms with Crippen molar-refractivity contribution in [3.8, 4) is 6.01 Å². The maximum Gasteiger partial charge on any atom is 0.316 e. The lowest BCUT2D eigenvalue weighted by molar-refractivity contribution is -0.128. The highest BCUT2D eigenvalue weighted by Gasteiger charge is 2.33. The highest BCUT2D eigenvalue weighted by Crippen LogP contribution is 2.24. The van der Waals surface area contributed by atoms with Crippen LogP contribution in [0, 0.1) is 11.8 Å². The van der Waals surface area contributed by atoms with Gasteiger partial charge in [-0.1, -0.05) is 0 Å². The molecular weight excluding hydrogens is 372 g/mol. The summed E-state index contributed by atoms with van der Waals surface area (Å²) in [5, 5.41) is 0. The molecule has 0 spiro atoms. The second-order valence-electron chi connectivity index (χ2n) is 7.87. The molecule has 154 valence electrons. The third-order valence-corrected chi connectivity index (χ3v) is 5.59. The van der Waals surface area contributed by atoms with E-state index in [1.165, 1.54) is 0 Å². The van der Waals surface area contributed by atoms with Gasteiger partial charge in [0.25, 0.3) is 5.91 Å². The van der Waals surface area contributed by atoms with Gasteiger partial charge >= 0.3 is 6.01 Å². The maximum atomic E-state index is 12.5. The van der Waals surface area contributed by atoms with Crippen LogP contribution < -0.4 is 4.74 Å². The fourth-order valence-electron chi connectivity index (χ4n) is 4.01. The molecule has 1 atom stereocenters. The summed E-state index contributed by atoms with van der Waals surface area (Å²) in [6, 6.07) is 2.09. The smallest absolute Gasteiger partial charge is 0.316 e. The van der Waals surface area contributed by atoms with Crippen LogP contribution in [0.15, 0.2) is 31.0 Å². The average Bonchev–Trinajstić information content (AvgIpc) is 3.33. The van der Waals surface area contributed by atoms with Crippen molar-refractivity contribution in [1.29, 1.82) is 0 Å². The Morgan fingerprint density at radius 2 is 1.93 bits per heavy atom. The lowest BCUT2D eigenvalue weighted by Gasteiger charge is -2.33. The van der Waals surface area contributed by atoms with E-state index in [-0.39, 0.29) is 17.7 Å². The minimum absolute atomic E-state index is 0.0124. The Morgan fingerprint density at radius 3 is 2.62 bits per heavy atom. The minimum atomic E-state index is -0.0124. The number of nitrogens with zero attached hydrogens (tertiary/aromatic N) is 6. The quantitative estimate of drug-likeness (QED) is 0.720. The van der Waals surface area contributed by atoms with Crippen LogP contribution in [0.4, 0.5) is 0 Å². The first-order valence-electron chi connectivity index (χ1n) is 10.0. The molecule has 2 saturated heterocycles. The predicted molar refractivity (Wildman–Crippen MR) is 104 cm³/mol. The van der Waals surface area contributed by atoms with Crippen molar-refractivity contribution in [2.24, 2.45) is 18.9 Å². The molecule has 2 aromatic heterocycles.